The first-order chi connectivity index (χ1) is 8.34. The summed E-state index contributed by atoms with van der Waals surface area (Å²) in [6, 6.07) is 2.21. The Labute approximate surface area is 106 Å². The molecule has 1 rings (SSSR count). The summed E-state index contributed by atoms with van der Waals surface area (Å²) >= 11 is 0. The van der Waals surface area contributed by atoms with Crippen molar-refractivity contribution in [2.75, 3.05) is 0 Å². The van der Waals surface area contributed by atoms with E-state index in [4.69, 9.17) is 5.26 Å². The van der Waals surface area contributed by atoms with Crippen LogP contribution in [0.25, 0.3) is 0 Å². The van der Waals surface area contributed by atoms with Gasteiger partial charge < -0.3 is 5.11 Å². The first kappa shape index (κ1) is 14.5. The van der Waals surface area contributed by atoms with Gasteiger partial charge in [0.05, 0.1) is 12.2 Å². The maximum atomic E-state index is 10.2. The van der Waals surface area contributed by atoms with E-state index in [1.54, 1.807) is 0 Å². The Kier molecular flexibility index (Phi) is 8.09. The molecule has 1 saturated carbocycles. The Hall–Kier alpha value is -0.550. The third-order valence-corrected chi connectivity index (χ3v) is 4.00. The monoisotopic (exact) mass is 237 g/mol. The van der Waals surface area contributed by atoms with Crippen molar-refractivity contribution in [1.82, 2.24) is 0 Å². The third kappa shape index (κ3) is 6.68. The van der Waals surface area contributed by atoms with E-state index in [1.165, 1.54) is 44.9 Å². The van der Waals surface area contributed by atoms with Gasteiger partial charge in [0.1, 0.15) is 0 Å². The van der Waals surface area contributed by atoms with Gasteiger partial charge in [-0.2, -0.15) is 5.26 Å². The standard InChI is InChI=1S/C15H27NO/c16-13-9-11-14-10-7-5-3-1-2-4-6-8-12-15(14)17/h14-15,17H,1-12H2/t14-,15-/m1/s1. The van der Waals surface area contributed by atoms with E-state index in [0.29, 0.717) is 12.3 Å². The second-order valence-corrected chi connectivity index (χ2v) is 5.43. The van der Waals surface area contributed by atoms with Gasteiger partial charge in [-0.3, -0.25) is 0 Å². The minimum atomic E-state index is -0.164. The van der Waals surface area contributed by atoms with Crippen LogP contribution in [0.4, 0.5) is 0 Å². The topological polar surface area (TPSA) is 44.0 Å². The minimum absolute atomic E-state index is 0.164. The normalized spacial score (nSPS) is 28.7. The lowest BCUT2D eigenvalue weighted by atomic mass is 9.87. The number of aliphatic hydroxyl groups is 1. The third-order valence-electron chi connectivity index (χ3n) is 4.00. The van der Waals surface area contributed by atoms with Crippen LogP contribution in [-0.2, 0) is 0 Å². The van der Waals surface area contributed by atoms with E-state index >= 15 is 0 Å². The van der Waals surface area contributed by atoms with E-state index in [9.17, 15) is 5.11 Å². The minimum Gasteiger partial charge on any atom is -0.393 e. The van der Waals surface area contributed by atoms with E-state index in [1.807, 2.05) is 0 Å². The van der Waals surface area contributed by atoms with Crippen molar-refractivity contribution in [2.45, 2.75) is 83.2 Å². The van der Waals surface area contributed by atoms with Crippen LogP contribution in [-0.4, -0.2) is 11.2 Å². The summed E-state index contributed by atoms with van der Waals surface area (Å²) in [5.41, 5.74) is 0. The molecule has 0 amide bonds. The summed E-state index contributed by atoms with van der Waals surface area (Å²) < 4.78 is 0. The summed E-state index contributed by atoms with van der Waals surface area (Å²) in [6.07, 6.45) is 13.8. The molecule has 0 heterocycles. The number of rotatable bonds is 2. The highest BCUT2D eigenvalue weighted by Gasteiger charge is 2.18. The summed E-state index contributed by atoms with van der Waals surface area (Å²) in [5.74, 6) is 0.370. The lowest BCUT2D eigenvalue weighted by Crippen LogP contribution is -2.20. The maximum absolute atomic E-state index is 10.2. The van der Waals surface area contributed by atoms with Gasteiger partial charge >= 0.3 is 0 Å². The molecule has 1 N–H and O–H groups in total. The first-order valence-corrected chi connectivity index (χ1v) is 7.39. The fourth-order valence-corrected chi connectivity index (χ4v) is 2.84. The molecule has 0 aromatic rings. The van der Waals surface area contributed by atoms with Crippen LogP contribution in [0.3, 0.4) is 0 Å². The molecule has 0 saturated heterocycles. The smallest absolute Gasteiger partial charge is 0.0621 e. The van der Waals surface area contributed by atoms with Gasteiger partial charge in [-0.05, 0) is 25.2 Å². The van der Waals surface area contributed by atoms with Crippen LogP contribution >= 0.6 is 0 Å². The summed E-state index contributed by atoms with van der Waals surface area (Å²) in [6.45, 7) is 0. The van der Waals surface area contributed by atoms with E-state index in [-0.39, 0.29) is 6.10 Å². The highest BCUT2D eigenvalue weighted by atomic mass is 16.3. The molecule has 1 aliphatic rings. The highest BCUT2D eigenvalue weighted by Crippen LogP contribution is 2.24. The predicted molar refractivity (Wildman–Crippen MR) is 70.5 cm³/mol. The molecule has 0 bridgehead atoms. The SMILES string of the molecule is N#CCC[C@H]1CCCCCCCCCC[C@H]1O. The molecule has 0 aliphatic heterocycles. The quantitative estimate of drug-likeness (QED) is 0.783. The molecule has 0 aromatic heterocycles. The molecule has 1 fully saturated rings. The number of nitrogens with zero attached hydrogens (tertiary/aromatic N) is 1. The maximum Gasteiger partial charge on any atom is 0.0621 e. The fourth-order valence-electron chi connectivity index (χ4n) is 2.84. The Bertz CT molecular complexity index is 221. The van der Waals surface area contributed by atoms with Gasteiger partial charge in [-0.25, -0.2) is 0 Å². The van der Waals surface area contributed by atoms with Crippen molar-refractivity contribution >= 4 is 0 Å². The van der Waals surface area contributed by atoms with Crippen LogP contribution in [0.2, 0.25) is 0 Å². The van der Waals surface area contributed by atoms with E-state index < -0.39 is 0 Å². The molecule has 2 heteroatoms. The van der Waals surface area contributed by atoms with Crippen LogP contribution < -0.4 is 0 Å². The van der Waals surface area contributed by atoms with Gasteiger partial charge in [0.15, 0.2) is 0 Å². The van der Waals surface area contributed by atoms with Crippen LogP contribution in [0.15, 0.2) is 0 Å². The van der Waals surface area contributed by atoms with E-state index in [0.717, 1.165) is 25.7 Å². The molecular formula is C15H27NO. The first-order valence-electron chi connectivity index (χ1n) is 7.39. The summed E-state index contributed by atoms with van der Waals surface area (Å²) in [5, 5.41) is 18.8. The van der Waals surface area contributed by atoms with Crippen molar-refractivity contribution in [2.24, 2.45) is 5.92 Å². The average Bonchev–Trinajstić information content (AvgIpc) is 2.33. The molecule has 0 aromatic carbocycles. The van der Waals surface area contributed by atoms with E-state index in [2.05, 4.69) is 6.07 Å². The van der Waals surface area contributed by atoms with Crippen molar-refractivity contribution in [3.8, 4) is 6.07 Å². The van der Waals surface area contributed by atoms with Crippen LogP contribution in [0, 0.1) is 17.2 Å². The van der Waals surface area contributed by atoms with Crippen molar-refractivity contribution < 1.29 is 5.11 Å². The molecule has 2 nitrogen and oxygen atoms in total. The molecular weight excluding hydrogens is 210 g/mol. The Morgan fingerprint density at radius 2 is 1.41 bits per heavy atom. The number of nitriles is 1. The lowest BCUT2D eigenvalue weighted by molar-refractivity contribution is 0.0848. The number of hydrogen-bond donors (Lipinski definition) is 1. The van der Waals surface area contributed by atoms with Gasteiger partial charge in [0.25, 0.3) is 0 Å². The van der Waals surface area contributed by atoms with Crippen molar-refractivity contribution in [3.63, 3.8) is 0 Å². The van der Waals surface area contributed by atoms with Crippen LogP contribution in [0.5, 0.6) is 0 Å². The average molecular weight is 237 g/mol. The Balaban J connectivity index is 2.37. The second kappa shape index (κ2) is 9.48. The molecule has 0 unspecified atom stereocenters. The molecule has 2 atom stereocenters. The molecule has 1 aliphatic carbocycles. The summed E-state index contributed by atoms with van der Waals surface area (Å²) in [4.78, 5) is 0. The molecule has 0 radical (unpaired) electrons. The molecule has 98 valence electrons. The molecule has 0 spiro atoms. The summed E-state index contributed by atoms with van der Waals surface area (Å²) in [7, 11) is 0. The van der Waals surface area contributed by atoms with Crippen molar-refractivity contribution in [1.29, 1.82) is 5.26 Å². The fraction of sp³-hybridized carbons (Fsp3) is 0.933. The van der Waals surface area contributed by atoms with Crippen LogP contribution in [0.1, 0.15) is 77.0 Å². The number of hydrogen-bond acceptors (Lipinski definition) is 2. The van der Waals surface area contributed by atoms with Crippen molar-refractivity contribution in [3.05, 3.63) is 0 Å². The van der Waals surface area contributed by atoms with Gasteiger partial charge in [-0.1, -0.05) is 51.4 Å². The Morgan fingerprint density at radius 1 is 0.882 bits per heavy atom. The zero-order valence-corrected chi connectivity index (χ0v) is 11.0. The largest absolute Gasteiger partial charge is 0.393 e. The van der Waals surface area contributed by atoms with Gasteiger partial charge in [0, 0.05) is 6.42 Å². The zero-order chi connectivity index (χ0) is 12.3. The van der Waals surface area contributed by atoms with Gasteiger partial charge in [-0.15, -0.1) is 0 Å². The number of aliphatic hydroxyl groups excluding tert-OH is 1. The van der Waals surface area contributed by atoms with Gasteiger partial charge in [0.2, 0.25) is 0 Å². The Morgan fingerprint density at radius 3 is 2.00 bits per heavy atom. The lowest BCUT2D eigenvalue weighted by Gasteiger charge is -2.22. The second-order valence-electron chi connectivity index (χ2n) is 5.43. The highest BCUT2D eigenvalue weighted by molar-refractivity contribution is 4.76. The predicted octanol–water partition coefficient (Wildman–Crippen LogP) is 4.18. The zero-order valence-electron chi connectivity index (χ0n) is 11.0. The molecule has 17 heavy (non-hydrogen) atoms.